The zero-order valence-electron chi connectivity index (χ0n) is 13.0. The maximum atomic E-state index is 13.8. The van der Waals surface area contributed by atoms with Crippen molar-refractivity contribution in [3.63, 3.8) is 0 Å². The van der Waals surface area contributed by atoms with Gasteiger partial charge in [-0.05, 0) is 24.3 Å². The number of alkyl halides is 9. The van der Waals surface area contributed by atoms with Crippen molar-refractivity contribution in [2.24, 2.45) is 5.73 Å². The number of halogens is 9. The lowest BCUT2D eigenvalue weighted by Gasteiger charge is -2.33. The lowest BCUT2D eigenvalue weighted by atomic mass is 9.90. The predicted molar refractivity (Wildman–Crippen MR) is 73.8 cm³/mol. The predicted octanol–water partition coefficient (Wildman–Crippen LogP) is 3.91. The Kier molecular flexibility index (Phi) is 4.91. The highest BCUT2D eigenvalue weighted by Gasteiger charge is 2.73. The molecule has 1 amide bonds. The van der Waals surface area contributed by atoms with E-state index in [9.17, 15) is 44.3 Å². The summed E-state index contributed by atoms with van der Waals surface area (Å²) in [4.78, 5) is 11.5. The van der Waals surface area contributed by atoms with Gasteiger partial charge in [0.15, 0.2) is 5.60 Å². The molecule has 0 saturated carbocycles. The van der Waals surface area contributed by atoms with Crippen molar-refractivity contribution in [2.45, 2.75) is 23.6 Å². The number of fused-ring (bicyclic) bond motifs is 1. The van der Waals surface area contributed by atoms with Gasteiger partial charge in [0.05, 0.1) is 5.57 Å². The maximum absolute atomic E-state index is 13.8. The highest BCUT2D eigenvalue weighted by molar-refractivity contribution is 6.20. The van der Waals surface area contributed by atoms with Crippen LogP contribution in [0.1, 0.15) is 11.1 Å². The van der Waals surface area contributed by atoms with Crippen LogP contribution in [0.5, 0.6) is 5.75 Å². The number of amides is 1. The Morgan fingerprint density at radius 2 is 1.59 bits per heavy atom. The van der Waals surface area contributed by atoms with Gasteiger partial charge in [-0.1, -0.05) is 0 Å². The van der Waals surface area contributed by atoms with E-state index in [4.69, 9.17) is 10.5 Å². The van der Waals surface area contributed by atoms with Gasteiger partial charge in [-0.3, -0.25) is 4.79 Å². The Morgan fingerprint density at radius 1 is 1.04 bits per heavy atom. The lowest BCUT2D eigenvalue weighted by molar-refractivity contribution is -0.359. The normalized spacial score (nSPS) is 17.0. The first-order valence-corrected chi connectivity index (χ1v) is 7.03. The molecule has 1 heterocycles. The first-order valence-electron chi connectivity index (χ1n) is 7.03. The second-order valence-electron chi connectivity index (χ2n) is 5.71. The molecule has 1 aliphatic heterocycles. The Labute approximate surface area is 145 Å². The fourth-order valence-corrected chi connectivity index (χ4v) is 2.34. The number of ether oxygens (including phenoxy) is 1. The highest BCUT2D eigenvalue weighted by atomic mass is 19.4. The molecule has 0 aliphatic carbocycles. The minimum Gasteiger partial charge on any atom is -0.477 e. The van der Waals surface area contributed by atoms with Crippen LogP contribution in [0, 0.1) is 0 Å². The molecule has 0 fully saturated rings. The second-order valence-corrected chi connectivity index (χ2v) is 5.71. The smallest absolute Gasteiger partial charge is 0.460 e. The Bertz CT molecular complexity index is 782. The maximum Gasteiger partial charge on any atom is 0.460 e. The summed E-state index contributed by atoms with van der Waals surface area (Å²) in [5, 5.41) is 0. The minimum absolute atomic E-state index is 0.131. The molecule has 0 aromatic heterocycles. The summed E-state index contributed by atoms with van der Waals surface area (Å²) < 4.78 is 122. The Balaban J connectivity index is 2.64. The molecule has 3 nitrogen and oxygen atoms in total. The zero-order valence-corrected chi connectivity index (χ0v) is 13.0. The molecular weight excluding hydrogens is 397 g/mol. The number of primary amides is 1. The molecule has 0 saturated heterocycles. The van der Waals surface area contributed by atoms with Gasteiger partial charge in [-0.2, -0.15) is 30.7 Å². The summed E-state index contributed by atoms with van der Waals surface area (Å²) in [5.74, 6) is -14.1. The van der Waals surface area contributed by atoms with Gasteiger partial charge < -0.3 is 10.5 Å². The molecule has 0 spiro atoms. The van der Waals surface area contributed by atoms with Crippen molar-refractivity contribution >= 4 is 11.5 Å². The van der Waals surface area contributed by atoms with Gasteiger partial charge in [0.25, 0.3) is 0 Å². The number of carbonyl (C=O) groups is 1. The molecule has 0 radical (unpaired) electrons. The van der Waals surface area contributed by atoms with Crippen molar-refractivity contribution in [1.29, 1.82) is 0 Å². The molecular formula is C15H10F9NO2. The van der Waals surface area contributed by atoms with Crippen molar-refractivity contribution in [2.75, 3.05) is 13.3 Å². The van der Waals surface area contributed by atoms with Gasteiger partial charge >= 0.3 is 18.0 Å². The van der Waals surface area contributed by atoms with E-state index >= 15 is 0 Å². The number of hydrogen-bond donors (Lipinski definition) is 1. The average Bonchev–Trinajstić information content (AvgIpc) is 2.58. The first kappa shape index (κ1) is 20.9. The molecule has 150 valence electrons. The van der Waals surface area contributed by atoms with Crippen LogP contribution in [0.15, 0.2) is 24.3 Å². The number of carbonyl (C=O) groups excluding carboxylic acids is 1. The highest BCUT2D eigenvalue weighted by Crippen LogP contribution is 2.52. The SMILES string of the molecule is NC(=O)C1=CC(CF)(CF)Oc2ccc(C(F)(F)C(F)(F)C(F)(F)F)cc21. The van der Waals surface area contributed by atoms with Crippen molar-refractivity contribution in [1.82, 2.24) is 0 Å². The van der Waals surface area contributed by atoms with Gasteiger partial charge in [0, 0.05) is 11.1 Å². The number of rotatable bonds is 5. The van der Waals surface area contributed by atoms with Crippen molar-refractivity contribution in [3.8, 4) is 5.75 Å². The third kappa shape index (κ3) is 3.21. The summed E-state index contributed by atoms with van der Waals surface area (Å²) in [6.07, 6.45) is -6.04. The molecule has 0 bridgehead atoms. The molecule has 2 N–H and O–H groups in total. The largest absolute Gasteiger partial charge is 0.477 e. The van der Waals surface area contributed by atoms with Crippen LogP contribution < -0.4 is 10.5 Å². The first-order chi connectivity index (χ1) is 12.2. The standard InChI is InChI=1S/C15H10F9NO2/c16-5-12(6-17)4-9(11(25)26)8-3-7(1-2-10(8)27-12)13(18,19)14(20,21)15(22,23)24/h1-4H,5-6H2,(H2,25,26). The van der Waals surface area contributed by atoms with Crippen LogP contribution in [-0.2, 0) is 10.7 Å². The van der Waals surface area contributed by atoms with Crippen molar-refractivity contribution in [3.05, 3.63) is 35.4 Å². The number of nitrogens with two attached hydrogens (primary N) is 1. The molecule has 2 rings (SSSR count). The van der Waals surface area contributed by atoms with Crippen LogP contribution in [0.4, 0.5) is 39.5 Å². The third-order valence-corrected chi connectivity index (χ3v) is 3.82. The molecule has 27 heavy (non-hydrogen) atoms. The molecule has 12 heteroatoms. The Hall–Kier alpha value is -2.40. The molecule has 1 aliphatic rings. The summed E-state index contributed by atoms with van der Waals surface area (Å²) in [6, 6.07) is 0.802. The van der Waals surface area contributed by atoms with Gasteiger partial charge in [0.2, 0.25) is 5.91 Å². The van der Waals surface area contributed by atoms with E-state index in [1.807, 2.05) is 0 Å². The van der Waals surface area contributed by atoms with Crippen LogP contribution in [0.25, 0.3) is 5.57 Å². The Morgan fingerprint density at radius 3 is 2.04 bits per heavy atom. The van der Waals surface area contributed by atoms with Crippen molar-refractivity contribution < 1.29 is 49.0 Å². The lowest BCUT2D eigenvalue weighted by Crippen LogP contribution is -2.50. The molecule has 0 unspecified atom stereocenters. The van der Waals surface area contributed by atoms with Crippen LogP contribution in [-0.4, -0.2) is 37.0 Å². The van der Waals surface area contributed by atoms with Crippen LogP contribution in [0.2, 0.25) is 0 Å². The van der Waals surface area contributed by atoms with E-state index < -0.39 is 65.3 Å². The van der Waals surface area contributed by atoms with Gasteiger partial charge in [-0.15, -0.1) is 0 Å². The fourth-order valence-electron chi connectivity index (χ4n) is 2.34. The van der Waals surface area contributed by atoms with Crippen LogP contribution in [0.3, 0.4) is 0 Å². The summed E-state index contributed by atoms with van der Waals surface area (Å²) >= 11 is 0. The molecule has 1 aromatic rings. The number of hydrogen-bond acceptors (Lipinski definition) is 2. The van der Waals surface area contributed by atoms with Crippen LogP contribution >= 0.6 is 0 Å². The summed E-state index contributed by atoms with van der Waals surface area (Å²) in [6.45, 7) is -2.99. The summed E-state index contributed by atoms with van der Waals surface area (Å²) in [7, 11) is 0. The zero-order chi connectivity index (χ0) is 20.8. The third-order valence-electron chi connectivity index (χ3n) is 3.82. The van der Waals surface area contributed by atoms with Gasteiger partial charge in [0.1, 0.15) is 19.1 Å². The molecule has 0 atom stereocenters. The van der Waals surface area contributed by atoms with E-state index in [1.165, 1.54) is 0 Å². The topological polar surface area (TPSA) is 52.3 Å². The summed E-state index contributed by atoms with van der Waals surface area (Å²) in [5.41, 5.74) is -0.567. The van der Waals surface area contributed by atoms with E-state index in [-0.39, 0.29) is 12.1 Å². The van der Waals surface area contributed by atoms with E-state index in [1.54, 1.807) is 0 Å². The van der Waals surface area contributed by atoms with E-state index in [2.05, 4.69) is 0 Å². The quantitative estimate of drug-likeness (QED) is 0.753. The minimum atomic E-state index is -6.57. The van der Waals surface area contributed by atoms with E-state index in [0.717, 1.165) is 0 Å². The van der Waals surface area contributed by atoms with E-state index in [0.29, 0.717) is 12.1 Å². The number of benzene rings is 1. The second kappa shape index (κ2) is 6.34. The fraction of sp³-hybridized carbons (Fsp3) is 0.400. The van der Waals surface area contributed by atoms with Gasteiger partial charge in [-0.25, -0.2) is 8.78 Å². The molecule has 1 aromatic carbocycles. The monoisotopic (exact) mass is 407 g/mol. The average molecular weight is 407 g/mol.